The Kier molecular flexibility index (Phi) is 11.0. The second kappa shape index (κ2) is 12.4. The first-order chi connectivity index (χ1) is 12.2. The van der Waals surface area contributed by atoms with Crippen LogP contribution >= 0.6 is 24.0 Å². The number of aliphatic imine (C=N–C) groups is 1. The fourth-order valence-electron chi connectivity index (χ4n) is 3.61. The molecular formula is C20H34IN3O2. The van der Waals surface area contributed by atoms with Gasteiger partial charge < -0.3 is 20.5 Å². The van der Waals surface area contributed by atoms with Crippen molar-refractivity contribution in [3.63, 3.8) is 0 Å². The third-order valence-electron chi connectivity index (χ3n) is 5.09. The summed E-state index contributed by atoms with van der Waals surface area (Å²) < 4.78 is 5.27. The topological polar surface area (TPSA) is 65.9 Å². The number of aliphatic hydroxyl groups is 1. The molecule has 26 heavy (non-hydrogen) atoms. The molecule has 0 bridgehead atoms. The normalized spacial score (nSPS) is 16.5. The van der Waals surface area contributed by atoms with Crippen molar-refractivity contribution in [2.75, 3.05) is 26.8 Å². The first-order valence-corrected chi connectivity index (χ1v) is 9.47. The Morgan fingerprint density at radius 2 is 2.00 bits per heavy atom. The lowest BCUT2D eigenvalue weighted by Gasteiger charge is -2.37. The Morgan fingerprint density at radius 1 is 1.23 bits per heavy atom. The Balaban J connectivity index is 0.00000338. The van der Waals surface area contributed by atoms with Crippen LogP contribution in [0.25, 0.3) is 0 Å². The lowest BCUT2D eigenvalue weighted by atomic mass is 9.72. The molecule has 0 saturated heterocycles. The number of aliphatic hydroxyl groups excluding tert-OH is 1. The number of ether oxygens (including phenoxy) is 1. The van der Waals surface area contributed by atoms with Crippen LogP contribution in [-0.4, -0.2) is 37.9 Å². The van der Waals surface area contributed by atoms with Crippen molar-refractivity contribution in [2.24, 2.45) is 10.4 Å². The van der Waals surface area contributed by atoms with Gasteiger partial charge in [-0.3, -0.25) is 0 Å². The maximum atomic E-state index is 9.47. The van der Waals surface area contributed by atoms with Crippen LogP contribution in [0.15, 0.2) is 29.3 Å². The monoisotopic (exact) mass is 475 g/mol. The van der Waals surface area contributed by atoms with Gasteiger partial charge in [-0.05, 0) is 49.3 Å². The molecular weight excluding hydrogens is 441 g/mol. The number of methoxy groups -OCH3 is 1. The lowest BCUT2D eigenvalue weighted by Crippen LogP contribution is -2.44. The van der Waals surface area contributed by atoms with E-state index in [0.717, 1.165) is 36.8 Å². The quantitative estimate of drug-likeness (QED) is 0.305. The maximum Gasteiger partial charge on any atom is 0.191 e. The summed E-state index contributed by atoms with van der Waals surface area (Å²) in [6.45, 7) is 4.65. The lowest BCUT2D eigenvalue weighted by molar-refractivity contribution is 0.131. The summed E-state index contributed by atoms with van der Waals surface area (Å²) in [5.41, 5.74) is 1.33. The van der Waals surface area contributed by atoms with Gasteiger partial charge in [0.05, 0.1) is 13.7 Å². The molecule has 1 aromatic rings. The number of hydrogen-bond acceptors (Lipinski definition) is 3. The molecule has 6 heteroatoms. The second-order valence-electron chi connectivity index (χ2n) is 6.93. The number of nitrogens with one attached hydrogen (secondary N) is 2. The van der Waals surface area contributed by atoms with Crippen molar-refractivity contribution >= 4 is 29.9 Å². The summed E-state index contributed by atoms with van der Waals surface area (Å²) in [6, 6.07) is 8.01. The summed E-state index contributed by atoms with van der Waals surface area (Å²) in [7, 11) is 1.68. The number of hydrogen-bond donors (Lipinski definition) is 3. The number of halogens is 1. The zero-order chi connectivity index (χ0) is 18.0. The van der Waals surface area contributed by atoms with Gasteiger partial charge >= 0.3 is 0 Å². The fraction of sp³-hybridized carbons (Fsp3) is 0.650. The van der Waals surface area contributed by atoms with Gasteiger partial charge in [0.1, 0.15) is 5.75 Å². The first-order valence-electron chi connectivity index (χ1n) is 9.47. The molecule has 1 fully saturated rings. The Hall–Kier alpha value is -1.02. The van der Waals surface area contributed by atoms with Gasteiger partial charge in [0.2, 0.25) is 0 Å². The van der Waals surface area contributed by atoms with Crippen molar-refractivity contribution in [1.82, 2.24) is 10.6 Å². The molecule has 0 unspecified atom stereocenters. The second-order valence-corrected chi connectivity index (χ2v) is 6.93. The molecule has 1 aliphatic carbocycles. The van der Waals surface area contributed by atoms with Crippen LogP contribution in [0.1, 0.15) is 51.0 Å². The molecule has 0 spiro atoms. The van der Waals surface area contributed by atoms with Crippen LogP contribution in [0.5, 0.6) is 5.75 Å². The molecule has 0 atom stereocenters. The first kappa shape index (κ1) is 23.0. The molecule has 0 aliphatic heterocycles. The van der Waals surface area contributed by atoms with E-state index in [2.05, 4.69) is 23.6 Å². The minimum atomic E-state index is 0. The fourth-order valence-corrected chi connectivity index (χ4v) is 3.61. The highest BCUT2D eigenvalue weighted by Gasteiger charge is 2.31. The molecule has 0 aromatic heterocycles. The molecule has 0 heterocycles. The Labute approximate surface area is 175 Å². The van der Waals surface area contributed by atoms with E-state index in [1.54, 1.807) is 7.11 Å². The van der Waals surface area contributed by atoms with E-state index < -0.39 is 0 Å². The predicted molar refractivity (Wildman–Crippen MR) is 118 cm³/mol. The van der Waals surface area contributed by atoms with Crippen LogP contribution < -0.4 is 15.4 Å². The van der Waals surface area contributed by atoms with Crippen LogP contribution in [0.3, 0.4) is 0 Å². The standard InChI is InChI=1S/C20H33N3O2.HI/c1-3-21-19(22-15-17-8-7-9-18(14-17)25-2)23-16-20(12-13-24)10-5-4-6-11-20;/h7-9,14,24H,3-6,10-13,15-16H2,1-2H3,(H2,21,22,23);1H. The van der Waals surface area contributed by atoms with Crippen LogP contribution in [-0.2, 0) is 6.54 Å². The third-order valence-corrected chi connectivity index (χ3v) is 5.09. The van der Waals surface area contributed by atoms with E-state index in [9.17, 15) is 5.11 Å². The van der Waals surface area contributed by atoms with Crippen molar-refractivity contribution in [1.29, 1.82) is 0 Å². The van der Waals surface area contributed by atoms with E-state index in [4.69, 9.17) is 9.73 Å². The zero-order valence-electron chi connectivity index (χ0n) is 16.1. The average Bonchev–Trinajstić information content (AvgIpc) is 2.65. The highest BCUT2D eigenvalue weighted by molar-refractivity contribution is 14.0. The Bertz CT molecular complexity index is 540. The van der Waals surface area contributed by atoms with Gasteiger partial charge in [0.15, 0.2) is 5.96 Å². The van der Waals surface area contributed by atoms with E-state index in [1.165, 1.54) is 32.1 Å². The van der Waals surface area contributed by atoms with Crippen LogP contribution in [0.4, 0.5) is 0 Å². The van der Waals surface area contributed by atoms with Crippen molar-refractivity contribution in [3.8, 4) is 5.75 Å². The number of guanidine groups is 1. The third kappa shape index (κ3) is 7.31. The highest BCUT2D eigenvalue weighted by Crippen LogP contribution is 2.38. The van der Waals surface area contributed by atoms with Gasteiger partial charge in [0.25, 0.3) is 0 Å². The Morgan fingerprint density at radius 3 is 2.65 bits per heavy atom. The van der Waals surface area contributed by atoms with E-state index in [1.807, 2.05) is 18.2 Å². The van der Waals surface area contributed by atoms with Gasteiger partial charge in [0, 0.05) is 19.7 Å². The summed E-state index contributed by atoms with van der Waals surface area (Å²) in [6.07, 6.45) is 7.09. The molecule has 0 amide bonds. The smallest absolute Gasteiger partial charge is 0.191 e. The number of rotatable bonds is 8. The van der Waals surface area contributed by atoms with Crippen molar-refractivity contribution in [3.05, 3.63) is 29.8 Å². The molecule has 0 radical (unpaired) electrons. The number of nitrogens with zero attached hydrogens (tertiary/aromatic N) is 1. The maximum absolute atomic E-state index is 9.47. The minimum Gasteiger partial charge on any atom is -0.497 e. The highest BCUT2D eigenvalue weighted by atomic mass is 127. The van der Waals surface area contributed by atoms with E-state index in [0.29, 0.717) is 6.54 Å². The molecule has 1 saturated carbocycles. The molecule has 5 nitrogen and oxygen atoms in total. The summed E-state index contributed by atoms with van der Waals surface area (Å²) in [5.74, 6) is 1.70. The molecule has 148 valence electrons. The minimum absolute atomic E-state index is 0. The molecule has 3 N–H and O–H groups in total. The molecule has 2 rings (SSSR count). The van der Waals surface area contributed by atoms with Gasteiger partial charge in [-0.25, -0.2) is 4.99 Å². The average molecular weight is 475 g/mol. The van der Waals surface area contributed by atoms with Gasteiger partial charge in [-0.2, -0.15) is 0 Å². The predicted octanol–water partition coefficient (Wildman–Crippen LogP) is 3.70. The van der Waals surface area contributed by atoms with Gasteiger partial charge in [-0.1, -0.05) is 31.4 Å². The van der Waals surface area contributed by atoms with E-state index in [-0.39, 0.29) is 36.0 Å². The largest absolute Gasteiger partial charge is 0.497 e. The van der Waals surface area contributed by atoms with E-state index >= 15 is 0 Å². The zero-order valence-corrected chi connectivity index (χ0v) is 18.4. The van der Waals surface area contributed by atoms with Crippen molar-refractivity contribution in [2.45, 2.75) is 52.0 Å². The SMILES string of the molecule is CCNC(=NCc1cccc(OC)c1)NCC1(CCO)CCCCC1.I. The molecule has 1 aromatic carbocycles. The van der Waals surface area contributed by atoms with Crippen LogP contribution in [0.2, 0.25) is 0 Å². The molecule has 1 aliphatic rings. The van der Waals surface area contributed by atoms with Gasteiger partial charge in [-0.15, -0.1) is 24.0 Å². The summed E-state index contributed by atoms with van der Waals surface area (Å²) >= 11 is 0. The van der Waals surface area contributed by atoms with Crippen LogP contribution in [0, 0.1) is 5.41 Å². The van der Waals surface area contributed by atoms with Crippen molar-refractivity contribution < 1.29 is 9.84 Å². The summed E-state index contributed by atoms with van der Waals surface area (Å²) in [4.78, 5) is 4.71. The number of benzene rings is 1. The summed E-state index contributed by atoms with van der Waals surface area (Å²) in [5, 5.41) is 16.3.